The molecule has 0 amide bonds. The Morgan fingerprint density at radius 2 is 1.13 bits per heavy atom. The van der Waals surface area contributed by atoms with Crippen molar-refractivity contribution in [3.8, 4) is 28.3 Å². The lowest BCUT2D eigenvalue weighted by molar-refractivity contribution is 0.436. The summed E-state index contributed by atoms with van der Waals surface area (Å²) in [7, 11) is 0. The van der Waals surface area contributed by atoms with E-state index in [1.54, 1.807) is 0 Å². The second-order valence-electron chi connectivity index (χ2n) is 15.8. The van der Waals surface area contributed by atoms with Gasteiger partial charge in [0.15, 0.2) is 5.84 Å². The van der Waals surface area contributed by atoms with Gasteiger partial charge in [-0.15, -0.1) is 0 Å². The smallest absolute Gasteiger partial charge is 0.156 e. The number of aromatic nitrogens is 1. The van der Waals surface area contributed by atoms with Gasteiger partial charge in [0.1, 0.15) is 17.7 Å². The van der Waals surface area contributed by atoms with Gasteiger partial charge in [-0.2, -0.15) is 0 Å². The lowest BCUT2D eigenvalue weighted by Crippen LogP contribution is -2.32. The Bertz CT molecular complexity index is 3370. The zero-order chi connectivity index (χ0) is 40.5. The van der Waals surface area contributed by atoms with E-state index in [4.69, 9.17) is 20.5 Å². The van der Waals surface area contributed by atoms with Crippen LogP contribution in [-0.2, 0) is 5.41 Å². The van der Waals surface area contributed by atoms with E-state index in [1.165, 1.54) is 33.0 Å². The Labute approximate surface area is 353 Å². The first kappa shape index (κ1) is 35.1. The number of ether oxygens (including phenoxy) is 1. The van der Waals surface area contributed by atoms with Crippen molar-refractivity contribution < 1.29 is 4.74 Å². The third-order valence-electron chi connectivity index (χ3n) is 12.6. The average Bonchev–Trinajstić information content (AvgIpc) is 3.79. The van der Waals surface area contributed by atoms with Crippen molar-refractivity contribution in [3.05, 3.63) is 245 Å². The van der Waals surface area contributed by atoms with Gasteiger partial charge < -0.3 is 15.0 Å². The maximum Gasteiger partial charge on any atom is 0.156 e. The SMILES string of the molecule is NC(N=C(N=Cc1cccc2c(-n3c4ccccc4c4cc5c(cc43)C3(c4ccccc4Oc4ccccc43)c3ccccc3-5)cccc12)c1ccccc1)c1ccccc1. The van der Waals surface area contributed by atoms with Gasteiger partial charge in [0.2, 0.25) is 0 Å². The highest BCUT2D eigenvalue weighted by atomic mass is 16.5. The number of benzene rings is 9. The molecule has 1 aromatic heterocycles. The summed E-state index contributed by atoms with van der Waals surface area (Å²) in [6.07, 6.45) is 1.37. The summed E-state index contributed by atoms with van der Waals surface area (Å²) in [6, 6.07) is 72.7. The zero-order valence-corrected chi connectivity index (χ0v) is 33.1. The van der Waals surface area contributed by atoms with Crippen molar-refractivity contribution in [2.24, 2.45) is 15.7 Å². The highest BCUT2D eigenvalue weighted by molar-refractivity contribution is 6.14. The van der Waals surface area contributed by atoms with Crippen LogP contribution >= 0.6 is 0 Å². The largest absolute Gasteiger partial charge is 0.457 e. The van der Waals surface area contributed by atoms with E-state index in [0.29, 0.717) is 5.84 Å². The van der Waals surface area contributed by atoms with Gasteiger partial charge in [0.05, 0.1) is 22.1 Å². The standard InChI is InChI=1S/C56H38N4O/c57-54(36-17-3-1-4-18-36)59-55(37-19-5-2-6-20-37)58-35-38-21-15-25-41-39(38)24-16-30-50(41)60-49-29-12-8-23-42(49)44-33-43-40-22-7-9-26-45(40)56(48(43)34-51(44)60)46-27-10-13-31-52(46)61-53-32-14-11-28-47(53)56/h1-35,54H,57H2. The minimum absolute atomic E-state index is 0.556. The van der Waals surface area contributed by atoms with E-state index in [1.807, 2.05) is 66.9 Å². The van der Waals surface area contributed by atoms with Crippen molar-refractivity contribution in [1.82, 2.24) is 4.57 Å². The van der Waals surface area contributed by atoms with Crippen LogP contribution < -0.4 is 10.5 Å². The molecule has 0 saturated heterocycles. The molecule has 61 heavy (non-hydrogen) atoms. The number of para-hydroxylation sites is 3. The highest BCUT2D eigenvalue weighted by Gasteiger charge is 2.51. The topological polar surface area (TPSA) is 64.9 Å². The number of nitrogens with two attached hydrogens (primary N) is 1. The molecule has 1 unspecified atom stereocenters. The Morgan fingerprint density at radius 3 is 1.92 bits per heavy atom. The van der Waals surface area contributed by atoms with Gasteiger partial charge in [-0.3, -0.25) is 0 Å². The molecule has 288 valence electrons. The number of amidine groups is 1. The van der Waals surface area contributed by atoms with Crippen LogP contribution in [0.3, 0.4) is 0 Å². The van der Waals surface area contributed by atoms with Gasteiger partial charge in [-0.25, -0.2) is 9.98 Å². The van der Waals surface area contributed by atoms with Gasteiger partial charge in [0, 0.05) is 44.6 Å². The molecule has 2 N–H and O–H groups in total. The summed E-state index contributed by atoms with van der Waals surface area (Å²) in [4.78, 5) is 9.98. The first-order valence-electron chi connectivity index (χ1n) is 20.7. The number of hydrogen-bond donors (Lipinski definition) is 1. The van der Waals surface area contributed by atoms with Gasteiger partial charge in [-0.1, -0.05) is 170 Å². The van der Waals surface area contributed by atoms with Gasteiger partial charge >= 0.3 is 0 Å². The predicted molar refractivity (Wildman–Crippen MR) is 250 cm³/mol. The van der Waals surface area contributed by atoms with Crippen LogP contribution in [0.25, 0.3) is 49.4 Å². The van der Waals surface area contributed by atoms with Gasteiger partial charge in [-0.05, 0) is 69.6 Å². The Hall–Kier alpha value is -7.86. The molecule has 2 heterocycles. The maximum absolute atomic E-state index is 6.65. The Kier molecular flexibility index (Phi) is 7.99. The van der Waals surface area contributed by atoms with Crippen LogP contribution in [0.15, 0.2) is 216 Å². The molecule has 5 heteroatoms. The first-order valence-corrected chi connectivity index (χ1v) is 20.7. The van der Waals surface area contributed by atoms with E-state index >= 15 is 0 Å². The molecule has 1 aliphatic heterocycles. The Morgan fingerprint density at radius 1 is 0.508 bits per heavy atom. The number of rotatable bonds is 5. The van der Waals surface area contributed by atoms with Crippen LogP contribution in [0, 0.1) is 0 Å². The van der Waals surface area contributed by atoms with E-state index in [2.05, 4.69) is 150 Å². The number of aliphatic imine (C=N–C) groups is 2. The van der Waals surface area contributed by atoms with Crippen LogP contribution in [0.5, 0.6) is 11.5 Å². The van der Waals surface area contributed by atoms with E-state index in [9.17, 15) is 0 Å². The fourth-order valence-corrected chi connectivity index (χ4v) is 9.95. The molecule has 1 atom stereocenters. The summed E-state index contributed by atoms with van der Waals surface area (Å²) < 4.78 is 9.11. The third-order valence-corrected chi connectivity index (χ3v) is 12.6. The van der Waals surface area contributed by atoms with Crippen LogP contribution in [0.4, 0.5) is 0 Å². The molecule has 2 aliphatic rings. The summed E-state index contributed by atoms with van der Waals surface area (Å²) in [5.41, 5.74) is 19.6. The van der Waals surface area contributed by atoms with E-state index in [-0.39, 0.29) is 0 Å². The molecule has 1 spiro atoms. The Balaban J connectivity index is 1.08. The summed E-state index contributed by atoms with van der Waals surface area (Å²) >= 11 is 0. The highest BCUT2D eigenvalue weighted by Crippen LogP contribution is 2.62. The van der Waals surface area contributed by atoms with Crippen LogP contribution in [-0.4, -0.2) is 16.6 Å². The maximum atomic E-state index is 6.65. The quantitative estimate of drug-likeness (QED) is 0.140. The molecule has 0 bridgehead atoms. The number of nitrogens with zero attached hydrogens (tertiary/aromatic N) is 3. The van der Waals surface area contributed by atoms with Crippen molar-refractivity contribution in [1.29, 1.82) is 0 Å². The fourth-order valence-electron chi connectivity index (χ4n) is 9.95. The van der Waals surface area contributed by atoms with Gasteiger partial charge in [0.25, 0.3) is 0 Å². The molecular weight excluding hydrogens is 745 g/mol. The molecule has 10 aromatic rings. The summed E-state index contributed by atoms with van der Waals surface area (Å²) in [5, 5.41) is 4.63. The minimum atomic E-state index is -0.573. The van der Waals surface area contributed by atoms with E-state index < -0.39 is 11.6 Å². The first-order chi connectivity index (χ1) is 30.2. The lowest BCUT2D eigenvalue weighted by atomic mass is 9.66. The van der Waals surface area contributed by atoms with Crippen molar-refractivity contribution in [3.63, 3.8) is 0 Å². The lowest BCUT2D eigenvalue weighted by Gasteiger charge is -2.39. The molecule has 0 radical (unpaired) electrons. The van der Waals surface area contributed by atoms with Crippen molar-refractivity contribution in [2.45, 2.75) is 11.6 Å². The molecule has 0 fully saturated rings. The molecular formula is C56H38N4O. The summed E-state index contributed by atoms with van der Waals surface area (Å²) in [5.74, 6) is 2.35. The molecule has 5 nitrogen and oxygen atoms in total. The third kappa shape index (κ3) is 5.31. The molecule has 12 rings (SSSR count). The second-order valence-corrected chi connectivity index (χ2v) is 15.8. The molecule has 1 aliphatic carbocycles. The zero-order valence-electron chi connectivity index (χ0n) is 33.1. The van der Waals surface area contributed by atoms with E-state index in [0.717, 1.165) is 66.8 Å². The molecule has 9 aromatic carbocycles. The normalized spacial score (nSPS) is 14.2. The number of hydrogen-bond acceptors (Lipinski definition) is 3. The number of fused-ring (bicyclic) bond motifs is 13. The average molecular weight is 783 g/mol. The fraction of sp³-hybridized carbons (Fsp3) is 0.0357. The van der Waals surface area contributed by atoms with Crippen molar-refractivity contribution >= 4 is 44.6 Å². The predicted octanol–water partition coefficient (Wildman–Crippen LogP) is 12.9. The monoisotopic (exact) mass is 782 g/mol. The van der Waals surface area contributed by atoms with Crippen LogP contribution in [0.2, 0.25) is 0 Å². The van der Waals surface area contributed by atoms with Crippen molar-refractivity contribution in [2.75, 3.05) is 0 Å². The summed E-state index contributed by atoms with van der Waals surface area (Å²) in [6.45, 7) is 0. The molecule has 0 saturated carbocycles. The van der Waals surface area contributed by atoms with Crippen LogP contribution in [0.1, 0.15) is 45.1 Å². The second kappa shape index (κ2) is 13.9. The minimum Gasteiger partial charge on any atom is -0.457 e.